The van der Waals surface area contributed by atoms with Crippen LogP contribution in [0.25, 0.3) is 0 Å². The van der Waals surface area contributed by atoms with Crippen molar-refractivity contribution in [3.05, 3.63) is 102 Å². The summed E-state index contributed by atoms with van der Waals surface area (Å²) in [7, 11) is 0. The second-order valence-corrected chi connectivity index (χ2v) is 6.87. The largest absolute Gasteiger partial charge is 0.369 e. The average Bonchev–Trinajstić information content (AvgIpc) is 2.75. The fraction of sp³-hybridized carbons (Fsp3) is 0.240. The van der Waals surface area contributed by atoms with Gasteiger partial charge in [-0.3, -0.25) is 4.79 Å². The summed E-state index contributed by atoms with van der Waals surface area (Å²) in [6.45, 7) is 2.71. The molecule has 1 N–H and O–H groups in total. The third-order valence-corrected chi connectivity index (χ3v) is 4.66. The Labute approximate surface area is 167 Å². The number of ether oxygens (including phenoxy) is 1. The Morgan fingerprint density at radius 3 is 2.36 bits per heavy atom. The standard InChI is InChI=1S/C25H27NO2/c1-2-3-17-24(21-12-6-4-7-13-21)28-19-20-11-10-16-23(18-20)26-25(27)22-14-8-5-9-15-22/h4-16,18,24H,2-3,17,19H2,1H3,(H,26,27). The topological polar surface area (TPSA) is 38.3 Å². The first-order valence-corrected chi connectivity index (χ1v) is 9.88. The normalized spacial score (nSPS) is 11.8. The van der Waals surface area contributed by atoms with Crippen molar-refractivity contribution in [2.45, 2.75) is 38.9 Å². The lowest BCUT2D eigenvalue weighted by atomic mass is 10.0. The highest BCUT2D eigenvalue weighted by molar-refractivity contribution is 6.04. The molecule has 0 aliphatic carbocycles. The molecule has 0 aliphatic rings. The van der Waals surface area contributed by atoms with Gasteiger partial charge in [0.15, 0.2) is 0 Å². The summed E-state index contributed by atoms with van der Waals surface area (Å²) in [6.07, 6.45) is 3.37. The van der Waals surface area contributed by atoms with Crippen molar-refractivity contribution in [1.29, 1.82) is 0 Å². The van der Waals surface area contributed by atoms with Gasteiger partial charge in [-0.15, -0.1) is 0 Å². The molecule has 0 heterocycles. The molecule has 3 rings (SSSR count). The van der Waals surface area contributed by atoms with Crippen LogP contribution >= 0.6 is 0 Å². The van der Waals surface area contributed by atoms with E-state index in [1.54, 1.807) is 12.1 Å². The molecule has 0 spiro atoms. The van der Waals surface area contributed by atoms with E-state index < -0.39 is 0 Å². The predicted octanol–water partition coefficient (Wildman–Crippen LogP) is 6.39. The molecule has 0 saturated heterocycles. The molecular weight excluding hydrogens is 346 g/mol. The maximum atomic E-state index is 12.4. The number of hydrogen-bond donors (Lipinski definition) is 1. The Morgan fingerprint density at radius 2 is 1.64 bits per heavy atom. The number of rotatable bonds is 9. The van der Waals surface area contributed by atoms with Gasteiger partial charge in [0.05, 0.1) is 12.7 Å². The molecule has 1 unspecified atom stereocenters. The summed E-state index contributed by atoms with van der Waals surface area (Å²) in [6, 6.07) is 27.5. The van der Waals surface area contributed by atoms with Gasteiger partial charge in [0.1, 0.15) is 0 Å². The Kier molecular flexibility index (Phi) is 7.39. The zero-order valence-corrected chi connectivity index (χ0v) is 16.3. The third-order valence-electron chi connectivity index (χ3n) is 4.66. The van der Waals surface area contributed by atoms with Crippen LogP contribution < -0.4 is 5.32 Å². The molecule has 0 aliphatic heterocycles. The van der Waals surface area contributed by atoms with Crippen LogP contribution in [0.15, 0.2) is 84.9 Å². The summed E-state index contributed by atoms with van der Waals surface area (Å²) in [5.41, 5.74) is 3.68. The van der Waals surface area contributed by atoms with E-state index in [1.165, 1.54) is 5.56 Å². The molecule has 3 aromatic carbocycles. The van der Waals surface area contributed by atoms with Gasteiger partial charge >= 0.3 is 0 Å². The highest BCUT2D eigenvalue weighted by atomic mass is 16.5. The maximum Gasteiger partial charge on any atom is 0.255 e. The molecule has 3 nitrogen and oxygen atoms in total. The van der Waals surface area contributed by atoms with Crippen LogP contribution in [0, 0.1) is 0 Å². The van der Waals surface area contributed by atoms with E-state index in [9.17, 15) is 4.79 Å². The predicted molar refractivity (Wildman–Crippen MR) is 114 cm³/mol. The molecule has 1 amide bonds. The first-order chi connectivity index (χ1) is 13.8. The summed E-state index contributed by atoms with van der Waals surface area (Å²) in [4.78, 5) is 12.4. The lowest BCUT2D eigenvalue weighted by Gasteiger charge is -2.18. The van der Waals surface area contributed by atoms with Crippen molar-refractivity contribution in [3.63, 3.8) is 0 Å². The van der Waals surface area contributed by atoms with Crippen molar-refractivity contribution >= 4 is 11.6 Å². The van der Waals surface area contributed by atoms with Crippen LogP contribution in [-0.4, -0.2) is 5.91 Å². The lowest BCUT2D eigenvalue weighted by molar-refractivity contribution is 0.0324. The van der Waals surface area contributed by atoms with Crippen molar-refractivity contribution < 1.29 is 9.53 Å². The van der Waals surface area contributed by atoms with E-state index in [0.29, 0.717) is 12.2 Å². The molecule has 28 heavy (non-hydrogen) atoms. The number of unbranched alkanes of at least 4 members (excludes halogenated alkanes) is 1. The quantitative estimate of drug-likeness (QED) is 0.472. The summed E-state index contributed by atoms with van der Waals surface area (Å²) in [5.74, 6) is -0.108. The second kappa shape index (κ2) is 10.4. The van der Waals surface area contributed by atoms with Gasteiger partial charge in [-0.05, 0) is 41.8 Å². The Balaban J connectivity index is 1.63. The summed E-state index contributed by atoms with van der Waals surface area (Å²) in [5, 5.41) is 2.96. The number of carbonyl (C=O) groups excluding carboxylic acids is 1. The highest BCUT2D eigenvalue weighted by Gasteiger charge is 2.12. The highest BCUT2D eigenvalue weighted by Crippen LogP contribution is 2.25. The number of benzene rings is 3. The molecule has 1 atom stereocenters. The molecule has 0 radical (unpaired) electrons. The first-order valence-electron chi connectivity index (χ1n) is 9.88. The van der Waals surface area contributed by atoms with Gasteiger partial charge in [0.25, 0.3) is 5.91 Å². The molecular formula is C25H27NO2. The SMILES string of the molecule is CCCCC(OCc1cccc(NC(=O)c2ccccc2)c1)c1ccccc1. The fourth-order valence-electron chi connectivity index (χ4n) is 3.13. The molecule has 3 heteroatoms. The van der Waals surface area contributed by atoms with Gasteiger partial charge < -0.3 is 10.1 Å². The van der Waals surface area contributed by atoms with E-state index in [1.807, 2.05) is 48.5 Å². The van der Waals surface area contributed by atoms with E-state index >= 15 is 0 Å². The van der Waals surface area contributed by atoms with Gasteiger partial charge in [-0.1, -0.05) is 80.4 Å². The van der Waals surface area contributed by atoms with Crippen LogP contribution in [0.3, 0.4) is 0 Å². The number of hydrogen-bond acceptors (Lipinski definition) is 2. The second-order valence-electron chi connectivity index (χ2n) is 6.87. The van der Waals surface area contributed by atoms with E-state index in [4.69, 9.17) is 4.74 Å². The Hall–Kier alpha value is -2.91. The minimum Gasteiger partial charge on any atom is -0.369 e. The Morgan fingerprint density at radius 1 is 0.929 bits per heavy atom. The van der Waals surface area contributed by atoms with E-state index in [2.05, 4.69) is 36.5 Å². The fourth-order valence-corrected chi connectivity index (χ4v) is 3.13. The zero-order chi connectivity index (χ0) is 19.6. The average molecular weight is 373 g/mol. The minimum absolute atomic E-state index is 0.0868. The number of carbonyl (C=O) groups is 1. The van der Waals surface area contributed by atoms with Crippen molar-refractivity contribution in [2.75, 3.05) is 5.32 Å². The molecule has 3 aromatic rings. The zero-order valence-electron chi connectivity index (χ0n) is 16.3. The minimum atomic E-state index is -0.108. The summed E-state index contributed by atoms with van der Waals surface area (Å²) < 4.78 is 6.25. The van der Waals surface area contributed by atoms with Gasteiger partial charge in [0, 0.05) is 11.3 Å². The molecule has 0 aromatic heterocycles. The Bertz CT molecular complexity index is 862. The van der Waals surface area contributed by atoms with Crippen LogP contribution in [0.1, 0.15) is 53.8 Å². The van der Waals surface area contributed by atoms with Gasteiger partial charge in [-0.25, -0.2) is 0 Å². The van der Waals surface area contributed by atoms with Crippen LogP contribution in [0.4, 0.5) is 5.69 Å². The molecule has 0 fully saturated rings. The van der Waals surface area contributed by atoms with E-state index in [0.717, 1.165) is 30.5 Å². The number of nitrogens with one attached hydrogen (secondary N) is 1. The number of anilines is 1. The smallest absolute Gasteiger partial charge is 0.255 e. The summed E-state index contributed by atoms with van der Waals surface area (Å²) >= 11 is 0. The van der Waals surface area contributed by atoms with Crippen molar-refractivity contribution in [2.24, 2.45) is 0 Å². The van der Waals surface area contributed by atoms with Crippen LogP contribution in [0.5, 0.6) is 0 Å². The van der Waals surface area contributed by atoms with Crippen molar-refractivity contribution in [1.82, 2.24) is 0 Å². The molecule has 0 saturated carbocycles. The first kappa shape index (κ1) is 19.8. The van der Waals surface area contributed by atoms with Crippen LogP contribution in [0.2, 0.25) is 0 Å². The molecule has 0 bridgehead atoms. The monoisotopic (exact) mass is 373 g/mol. The number of amides is 1. The lowest BCUT2D eigenvalue weighted by Crippen LogP contribution is -2.12. The van der Waals surface area contributed by atoms with Gasteiger partial charge in [0.2, 0.25) is 0 Å². The van der Waals surface area contributed by atoms with Crippen LogP contribution in [-0.2, 0) is 11.3 Å². The van der Waals surface area contributed by atoms with Crippen molar-refractivity contribution in [3.8, 4) is 0 Å². The molecule has 144 valence electrons. The maximum absolute atomic E-state index is 12.4. The third kappa shape index (κ3) is 5.80. The van der Waals surface area contributed by atoms with E-state index in [-0.39, 0.29) is 12.0 Å². The van der Waals surface area contributed by atoms with Gasteiger partial charge in [-0.2, -0.15) is 0 Å².